The minimum atomic E-state index is -0.688. The summed E-state index contributed by atoms with van der Waals surface area (Å²) in [5, 5.41) is 4.55. The van der Waals surface area contributed by atoms with Gasteiger partial charge in [0.1, 0.15) is 0 Å². The van der Waals surface area contributed by atoms with Gasteiger partial charge in [-0.25, -0.2) is 0 Å². The highest BCUT2D eigenvalue weighted by Crippen LogP contribution is 2.25. The van der Waals surface area contributed by atoms with Crippen LogP contribution in [0.5, 0.6) is 0 Å². The van der Waals surface area contributed by atoms with Crippen LogP contribution in [0, 0.1) is 0 Å². The van der Waals surface area contributed by atoms with Crippen LogP contribution >= 0.6 is 11.8 Å². The van der Waals surface area contributed by atoms with Gasteiger partial charge in [0.2, 0.25) is 0 Å². The maximum atomic E-state index is 11.1. The highest BCUT2D eigenvalue weighted by molar-refractivity contribution is 8.00. The van der Waals surface area contributed by atoms with Gasteiger partial charge in [-0.3, -0.25) is 4.21 Å². The standard InChI is InChI=1S/C9H19NOS2/c1-7-4-9(6-12-7)10-5-8(2)13(3)11/h7-10H,4-6H2,1-3H3. The largest absolute Gasteiger partial charge is 0.312 e. The Balaban J connectivity index is 2.16. The first-order valence-corrected chi connectivity index (χ1v) is 7.43. The summed E-state index contributed by atoms with van der Waals surface area (Å²) in [6.07, 6.45) is 3.03. The monoisotopic (exact) mass is 221 g/mol. The van der Waals surface area contributed by atoms with Gasteiger partial charge in [-0.1, -0.05) is 6.92 Å². The molecule has 0 bridgehead atoms. The van der Waals surface area contributed by atoms with Crippen molar-refractivity contribution in [3.8, 4) is 0 Å². The van der Waals surface area contributed by atoms with Gasteiger partial charge in [-0.05, 0) is 13.3 Å². The van der Waals surface area contributed by atoms with Crippen LogP contribution in [-0.4, -0.2) is 39.3 Å². The lowest BCUT2D eigenvalue weighted by atomic mass is 10.2. The summed E-state index contributed by atoms with van der Waals surface area (Å²) in [7, 11) is -0.688. The van der Waals surface area contributed by atoms with Gasteiger partial charge >= 0.3 is 0 Å². The summed E-state index contributed by atoms with van der Waals surface area (Å²) in [4.78, 5) is 0. The molecule has 1 heterocycles. The number of nitrogens with one attached hydrogen (secondary N) is 1. The van der Waals surface area contributed by atoms with E-state index in [0.717, 1.165) is 11.8 Å². The van der Waals surface area contributed by atoms with E-state index in [9.17, 15) is 4.21 Å². The van der Waals surface area contributed by atoms with Crippen LogP contribution in [0.25, 0.3) is 0 Å². The van der Waals surface area contributed by atoms with E-state index in [4.69, 9.17) is 0 Å². The highest BCUT2D eigenvalue weighted by atomic mass is 32.2. The molecule has 1 aliphatic rings. The second-order valence-electron chi connectivity index (χ2n) is 3.79. The number of hydrogen-bond donors (Lipinski definition) is 1. The lowest BCUT2D eigenvalue weighted by Crippen LogP contribution is -2.36. The lowest BCUT2D eigenvalue weighted by molar-refractivity contribution is 0.537. The summed E-state index contributed by atoms with van der Waals surface area (Å²) >= 11 is 2.03. The van der Waals surface area contributed by atoms with Crippen LogP contribution in [0.15, 0.2) is 0 Å². The third kappa shape index (κ3) is 4.00. The van der Waals surface area contributed by atoms with Gasteiger partial charge in [0.25, 0.3) is 0 Å². The van der Waals surface area contributed by atoms with Crippen molar-refractivity contribution >= 4 is 22.6 Å². The minimum absolute atomic E-state index is 0.279. The van der Waals surface area contributed by atoms with E-state index >= 15 is 0 Å². The molecule has 0 aromatic heterocycles. The first-order chi connectivity index (χ1) is 6.09. The van der Waals surface area contributed by atoms with E-state index < -0.39 is 10.8 Å². The molecule has 1 fully saturated rings. The molecule has 2 nitrogen and oxygen atoms in total. The molecule has 0 aromatic rings. The molecule has 0 radical (unpaired) electrons. The summed E-state index contributed by atoms with van der Waals surface area (Å²) in [6.45, 7) is 5.20. The summed E-state index contributed by atoms with van der Waals surface area (Å²) in [6, 6.07) is 0.644. The fourth-order valence-corrected chi connectivity index (χ4v) is 2.92. The Bertz CT molecular complexity index is 186. The van der Waals surface area contributed by atoms with Gasteiger partial charge in [-0.15, -0.1) is 0 Å². The fourth-order valence-electron chi connectivity index (χ4n) is 1.41. The molecule has 4 unspecified atom stereocenters. The van der Waals surface area contributed by atoms with Crippen molar-refractivity contribution in [2.24, 2.45) is 0 Å². The van der Waals surface area contributed by atoms with Crippen molar-refractivity contribution in [3.63, 3.8) is 0 Å². The Kier molecular flexibility index (Phi) is 4.76. The molecule has 78 valence electrons. The van der Waals surface area contributed by atoms with Gasteiger partial charge in [-0.2, -0.15) is 11.8 Å². The quantitative estimate of drug-likeness (QED) is 0.774. The Morgan fingerprint density at radius 3 is 2.85 bits per heavy atom. The first-order valence-electron chi connectivity index (χ1n) is 4.76. The zero-order valence-corrected chi connectivity index (χ0v) is 10.2. The van der Waals surface area contributed by atoms with E-state index in [0.29, 0.717) is 6.04 Å². The van der Waals surface area contributed by atoms with E-state index in [1.54, 1.807) is 6.26 Å². The molecule has 4 atom stereocenters. The highest BCUT2D eigenvalue weighted by Gasteiger charge is 2.21. The Hall–Kier alpha value is 0.460. The summed E-state index contributed by atoms with van der Waals surface area (Å²) in [5.41, 5.74) is 0. The number of rotatable bonds is 4. The summed E-state index contributed by atoms with van der Waals surface area (Å²) in [5.74, 6) is 1.21. The lowest BCUT2D eigenvalue weighted by Gasteiger charge is -2.14. The maximum Gasteiger partial charge on any atom is 0.0441 e. The predicted octanol–water partition coefficient (Wildman–Crippen LogP) is 1.24. The van der Waals surface area contributed by atoms with Crippen LogP contribution in [0.4, 0.5) is 0 Å². The van der Waals surface area contributed by atoms with Gasteiger partial charge in [0.15, 0.2) is 0 Å². The molecular weight excluding hydrogens is 202 g/mol. The predicted molar refractivity (Wildman–Crippen MR) is 61.9 cm³/mol. The van der Waals surface area contributed by atoms with Gasteiger partial charge in [0, 0.05) is 45.9 Å². The van der Waals surface area contributed by atoms with Crippen LogP contribution in [0.1, 0.15) is 20.3 Å². The smallest absolute Gasteiger partial charge is 0.0441 e. The van der Waals surface area contributed by atoms with Crippen molar-refractivity contribution in [2.45, 2.75) is 36.8 Å². The number of thioether (sulfide) groups is 1. The molecule has 0 amide bonds. The van der Waals surface area contributed by atoms with E-state index in [1.807, 2.05) is 18.7 Å². The van der Waals surface area contributed by atoms with Crippen molar-refractivity contribution in [2.75, 3.05) is 18.6 Å². The molecule has 0 aromatic carbocycles. The molecule has 13 heavy (non-hydrogen) atoms. The van der Waals surface area contributed by atoms with E-state index in [-0.39, 0.29) is 5.25 Å². The Morgan fingerprint density at radius 1 is 1.69 bits per heavy atom. The molecular formula is C9H19NOS2. The fraction of sp³-hybridized carbons (Fsp3) is 1.00. The van der Waals surface area contributed by atoms with E-state index in [1.165, 1.54) is 12.2 Å². The molecule has 1 aliphatic heterocycles. The molecule has 1 N–H and O–H groups in total. The second-order valence-corrected chi connectivity index (χ2v) is 7.07. The Labute approximate surface area is 87.7 Å². The van der Waals surface area contributed by atoms with Crippen LogP contribution in [0.3, 0.4) is 0 Å². The van der Waals surface area contributed by atoms with E-state index in [2.05, 4.69) is 12.2 Å². The molecule has 0 saturated carbocycles. The number of hydrogen-bond acceptors (Lipinski definition) is 3. The third-order valence-corrected chi connectivity index (χ3v) is 5.12. The average Bonchev–Trinajstić information content (AvgIpc) is 2.47. The molecule has 0 aliphatic carbocycles. The van der Waals surface area contributed by atoms with Crippen molar-refractivity contribution in [1.82, 2.24) is 5.32 Å². The average molecular weight is 221 g/mol. The Morgan fingerprint density at radius 2 is 2.38 bits per heavy atom. The van der Waals surface area contributed by atoms with Crippen LogP contribution in [-0.2, 0) is 10.8 Å². The summed E-state index contributed by atoms with van der Waals surface area (Å²) < 4.78 is 11.1. The zero-order chi connectivity index (χ0) is 9.84. The van der Waals surface area contributed by atoms with Gasteiger partial charge in [0.05, 0.1) is 0 Å². The van der Waals surface area contributed by atoms with Crippen LogP contribution in [0.2, 0.25) is 0 Å². The SMILES string of the molecule is CC1CC(NCC(C)S(C)=O)CS1. The van der Waals surface area contributed by atoms with Gasteiger partial charge < -0.3 is 5.32 Å². The minimum Gasteiger partial charge on any atom is -0.312 e. The van der Waals surface area contributed by atoms with Crippen molar-refractivity contribution in [1.29, 1.82) is 0 Å². The third-order valence-electron chi connectivity index (χ3n) is 2.46. The zero-order valence-electron chi connectivity index (χ0n) is 8.58. The molecule has 1 saturated heterocycles. The molecule has 0 spiro atoms. The van der Waals surface area contributed by atoms with Crippen molar-refractivity contribution in [3.05, 3.63) is 0 Å². The molecule has 1 rings (SSSR count). The molecule has 4 heteroatoms. The maximum absolute atomic E-state index is 11.1. The topological polar surface area (TPSA) is 29.1 Å². The second kappa shape index (κ2) is 5.37. The first kappa shape index (κ1) is 11.5. The van der Waals surface area contributed by atoms with Crippen molar-refractivity contribution < 1.29 is 4.21 Å². The van der Waals surface area contributed by atoms with Crippen LogP contribution < -0.4 is 5.32 Å². The normalized spacial score (nSPS) is 33.2.